The monoisotopic (exact) mass is 243 g/mol. The van der Waals surface area contributed by atoms with E-state index in [1.807, 2.05) is 20.8 Å². The van der Waals surface area contributed by atoms with Crippen LogP contribution in [0.4, 0.5) is 4.79 Å². The van der Waals surface area contributed by atoms with E-state index in [4.69, 9.17) is 9.84 Å². The Morgan fingerprint density at radius 1 is 1.29 bits per heavy atom. The standard InChI is InChI=1S/C12H21NO4/c1-11(2,3)17-9(14)12(6-4-5-7-12)8-13-10(15)16/h13H,4-8H2,1-3H3,(H,15,16). The van der Waals surface area contributed by atoms with E-state index in [9.17, 15) is 9.59 Å². The van der Waals surface area contributed by atoms with Crippen LogP contribution >= 0.6 is 0 Å². The zero-order valence-electron chi connectivity index (χ0n) is 10.7. The normalized spacial score (nSPS) is 18.8. The van der Waals surface area contributed by atoms with Gasteiger partial charge < -0.3 is 15.2 Å². The van der Waals surface area contributed by atoms with E-state index in [1.165, 1.54) is 0 Å². The van der Waals surface area contributed by atoms with Crippen molar-refractivity contribution in [1.29, 1.82) is 0 Å². The highest BCUT2D eigenvalue weighted by atomic mass is 16.6. The van der Waals surface area contributed by atoms with Crippen LogP contribution in [0.5, 0.6) is 0 Å². The van der Waals surface area contributed by atoms with Crippen molar-refractivity contribution < 1.29 is 19.4 Å². The molecule has 0 atom stereocenters. The molecule has 0 bridgehead atoms. The average molecular weight is 243 g/mol. The Morgan fingerprint density at radius 2 is 1.82 bits per heavy atom. The zero-order chi connectivity index (χ0) is 13.1. The SMILES string of the molecule is CC(C)(C)OC(=O)C1(CNC(=O)O)CCCC1. The molecule has 0 spiro atoms. The first-order chi connectivity index (χ1) is 7.75. The fraction of sp³-hybridized carbons (Fsp3) is 0.833. The third kappa shape index (κ3) is 3.91. The van der Waals surface area contributed by atoms with Crippen molar-refractivity contribution in [2.45, 2.75) is 52.1 Å². The largest absolute Gasteiger partial charge is 0.465 e. The first-order valence-corrected chi connectivity index (χ1v) is 5.95. The van der Waals surface area contributed by atoms with Crippen molar-refractivity contribution in [3.8, 4) is 0 Å². The van der Waals surface area contributed by atoms with Crippen molar-refractivity contribution in [3.05, 3.63) is 0 Å². The fourth-order valence-electron chi connectivity index (χ4n) is 2.14. The molecule has 0 heterocycles. The highest BCUT2D eigenvalue weighted by Crippen LogP contribution is 2.39. The van der Waals surface area contributed by atoms with Gasteiger partial charge in [-0.1, -0.05) is 12.8 Å². The molecular weight excluding hydrogens is 222 g/mol. The zero-order valence-corrected chi connectivity index (χ0v) is 10.7. The van der Waals surface area contributed by atoms with E-state index in [-0.39, 0.29) is 12.5 Å². The maximum absolute atomic E-state index is 12.1. The summed E-state index contributed by atoms with van der Waals surface area (Å²) in [6, 6.07) is 0. The van der Waals surface area contributed by atoms with Crippen LogP contribution in [0.1, 0.15) is 46.5 Å². The van der Waals surface area contributed by atoms with E-state index >= 15 is 0 Å². The van der Waals surface area contributed by atoms with Gasteiger partial charge in [0.25, 0.3) is 0 Å². The summed E-state index contributed by atoms with van der Waals surface area (Å²) in [6.07, 6.45) is 2.19. The minimum Gasteiger partial charge on any atom is -0.465 e. The van der Waals surface area contributed by atoms with E-state index < -0.39 is 17.1 Å². The second kappa shape index (κ2) is 4.94. The number of carbonyl (C=O) groups excluding carboxylic acids is 1. The summed E-state index contributed by atoms with van der Waals surface area (Å²) in [5.41, 5.74) is -1.19. The lowest BCUT2D eigenvalue weighted by Crippen LogP contribution is -2.44. The maximum atomic E-state index is 12.1. The van der Waals surface area contributed by atoms with Crippen molar-refractivity contribution in [2.24, 2.45) is 5.41 Å². The van der Waals surface area contributed by atoms with Gasteiger partial charge in [0, 0.05) is 6.54 Å². The number of hydrogen-bond acceptors (Lipinski definition) is 3. The quantitative estimate of drug-likeness (QED) is 0.745. The molecule has 0 aromatic rings. The summed E-state index contributed by atoms with van der Waals surface area (Å²) in [6.45, 7) is 5.60. The first-order valence-electron chi connectivity index (χ1n) is 5.95. The first kappa shape index (κ1) is 13.8. The predicted octanol–water partition coefficient (Wildman–Crippen LogP) is 2.16. The minimum absolute atomic E-state index is 0.150. The summed E-state index contributed by atoms with van der Waals surface area (Å²) in [4.78, 5) is 22.7. The lowest BCUT2D eigenvalue weighted by atomic mass is 9.86. The van der Waals surface area contributed by atoms with Gasteiger partial charge in [0.2, 0.25) is 0 Å². The van der Waals surface area contributed by atoms with Gasteiger partial charge in [-0.3, -0.25) is 4.79 Å². The van der Waals surface area contributed by atoms with Crippen LogP contribution < -0.4 is 5.32 Å². The van der Waals surface area contributed by atoms with E-state index in [0.29, 0.717) is 12.8 Å². The lowest BCUT2D eigenvalue weighted by molar-refractivity contribution is -0.167. The Balaban J connectivity index is 2.70. The van der Waals surface area contributed by atoms with Crippen molar-refractivity contribution >= 4 is 12.1 Å². The summed E-state index contributed by atoms with van der Waals surface area (Å²) in [7, 11) is 0. The van der Waals surface area contributed by atoms with E-state index in [0.717, 1.165) is 12.8 Å². The Bertz CT molecular complexity index is 300. The number of esters is 1. The molecule has 0 radical (unpaired) electrons. The molecule has 1 rings (SSSR count). The third-order valence-corrected chi connectivity index (χ3v) is 2.97. The van der Waals surface area contributed by atoms with Gasteiger partial charge in [0.1, 0.15) is 5.60 Å². The van der Waals surface area contributed by atoms with Crippen LogP contribution in [0.2, 0.25) is 0 Å². The molecule has 0 saturated heterocycles. The molecule has 1 fully saturated rings. The van der Waals surface area contributed by atoms with Crippen LogP contribution in [0, 0.1) is 5.41 Å². The van der Waals surface area contributed by atoms with Gasteiger partial charge in [-0.15, -0.1) is 0 Å². The Morgan fingerprint density at radius 3 is 2.24 bits per heavy atom. The van der Waals surface area contributed by atoms with Gasteiger partial charge >= 0.3 is 12.1 Å². The second-order valence-corrected chi connectivity index (χ2v) is 5.65. The Kier molecular flexibility index (Phi) is 4.01. The van der Waals surface area contributed by atoms with E-state index in [2.05, 4.69) is 5.32 Å². The van der Waals surface area contributed by atoms with Crippen molar-refractivity contribution in [2.75, 3.05) is 6.54 Å². The van der Waals surface area contributed by atoms with Crippen LogP contribution in [-0.2, 0) is 9.53 Å². The van der Waals surface area contributed by atoms with Gasteiger partial charge in [-0.2, -0.15) is 0 Å². The second-order valence-electron chi connectivity index (χ2n) is 5.65. The number of hydrogen-bond donors (Lipinski definition) is 2. The summed E-state index contributed by atoms with van der Waals surface area (Å²) >= 11 is 0. The van der Waals surface area contributed by atoms with Crippen LogP contribution in [0.25, 0.3) is 0 Å². The molecule has 98 valence electrons. The van der Waals surface area contributed by atoms with Crippen LogP contribution in [0.15, 0.2) is 0 Å². The van der Waals surface area contributed by atoms with Crippen LogP contribution in [0.3, 0.4) is 0 Å². The maximum Gasteiger partial charge on any atom is 0.404 e. The number of ether oxygens (including phenoxy) is 1. The number of rotatable bonds is 3. The van der Waals surface area contributed by atoms with E-state index in [1.54, 1.807) is 0 Å². The molecule has 5 nitrogen and oxygen atoms in total. The van der Waals surface area contributed by atoms with Gasteiger partial charge in [0.15, 0.2) is 0 Å². The molecule has 0 aromatic carbocycles. The topological polar surface area (TPSA) is 75.6 Å². The molecule has 17 heavy (non-hydrogen) atoms. The number of carbonyl (C=O) groups is 2. The van der Waals surface area contributed by atoms with Crippen molar-refractivity contribution in [3.63, 3.8) is 0 Å². The molecule has 2 N–H and O–H groups in total. The summed E-state index contributed by atoms with van der Waals surface area (Å²) in [5.74, 6) is -0.281. The third-order valence-electron chi connectivity index (χ3n) is 2.97. The minimum atomic E-state index is -1.10. The number of carboxylic acid groups (broad SMARTS) is 1. The highest BCUT2D eigenvalue weighted by Gasteiger charge is 2.44. The smallest absolute Gasteiger partial charge is 0.404 e. The molecule has 1 aliphatic rings. The predicted molar refractivity (Wildman–Crippen MR) is 62.8 cm³/mol. The summed E-state index contributed by atoms with van der Waals surface area (Å²) < 4.78 is 5.39. The molecule has 1 amide bonds. The molecule has 0 aromatic heterocycles. The fourth-order valence-corrected chi connectivity index (χ4v) is 2.14. The lowest BCUT2D eigenvalue weighted by Gasteiger charge is -2.30. The Hall–Kier alpha value is -1.26. The number of nitrogens with one attached hydrogen (secondary N) is 1. The van der Waals surface area contributed by atoms with Crippen LogP contribution in [-0.4, -0.2) is 29.3 Å². The highest BCUT2D eigenvalue weighted by molar-refractivity contribution is 5.78. The molecule has 1 saturated carbocycles. The van der Waals surface area contributed by atoms with Gasteiger partial charge in [-0.25, -0.2) is 4.79 Å². The molecule has 5 heteroatoms. The average Bonchev–Trinajstić information content (AvgIpc) is 2.61. The van der Waals surface area contributed by atoms with Crippen molar-refractivity contribution in [1.82, 2.24) is 5.32 Å². The molecule has 0 aliphatic heterocycles. The molecular formula is C12H21NO4. The van der Waals surface area contributed by atoms with Gasteiger partial charge in [-0.05, 0) is 33.6 Å². The molecule has 1 aliphatic carbocycles. The molecule has 0 unspecified atom stereocenters. The summed E-state index contributed by atoms with van der Waals surface area (Å²) in [5, 5.41) is 11.0. The Labute approximate surface area is 102 Å². The van der Waals surface area contributed by atoms with Gasteiger partial charge in [0.05, 0.1) is 5.41 Å². The number of amides is 1.